The minimum absolute atomic E-state index is 0.113. The van der Waals surface area contributed by atoms with E-state index in [9.17, 15) is 9.90 Å². The molecule has 1 atom stereocenters. The maximum absolute atomic E-state index is 12.0. The van der Waals surface area contributed by atoms with E-state index in [0.717, 1.165) is 13.1 Å². The summed E-state index contributed by atoms with van der Waals surface area (Å²) in [6, 6.07) is 5.77. The van der Waals surface area contributed by atoms with E-state index >= 15 is 0 Å². The Kier molecular flexibility index (Phi) is 4.56. The van der Waals surface area contributed by atoms with Crippen molar-refractivity contribution in [1.29, 1.82) is 0 Å². The lowest BCUT2D eigenvalue weighted by Gasteiger charge is -2.14. The molecule has 0 saturated carbocycles. The summed E-state index contributed by atoms with van der Waals surface area (Å²) in [5.41, 5.74) is 3.12. The number of nitrogens with one attached hydrogen (secondary N) is 2. The number of carbonyl (C=O) groups excluding carboxylic acids is 1. The number of aliphatic hydroxyl groups is 1. The molecule has 4 nitrogen and oxygen atoms in total. The molecule has 104 valence electrons. The molecule has 0 bridgehead atoms. The van der Waals surface area contributed by atoms with Gasteiger partial charge in [0.05, 0.1) is 6.10 Å². The number of aliphatic hydroxyl groups excluding tert-OH is 1. The standard InChI is InChI=1S/C15H22N2O2/c1-10(2)5-14(18)9-17-15(19)11-3-4-12-7-16-8-13(12)6-11/h3-4,6,10,14,16,18H,5,7-9H2,1-2H3,(H,17,19). The van der Waals surface area contributed by atoms with Crippen LogP contribution in [0.25, 0.3) is 0 Å². The Morgan fingerprint density at radius 1 is 1.37 bits per heavy atom. The molecule has 0 fully saturated rings. The normalized spacial score (nSPS) is 15.4. The Morgan fingerprint density at radius 2 is 2.11 bits per heavy atom. The number of hydrogen-bond donors (Lipinski definition) is 3. The second kappa shape index (κ2) is 6.17. The predicted molar refractivity (Wildman–Crippen MR) is 74.8 cm³/mol. The Morgan fingerprint density at radius 3 is 2.84 bits per heavy atom. The fourth-order valence-electron chi connectivity index (χ4n) is 2.38. The van der Waals surface area contributed by atoms with Crippen molar-refractivity contribution in [2.24, 2.45) is 5.92 Å². The third-order valence-electron chi connectivity index (χ3n) is 3.34. The van der Waals surface area contributed by atoms with Gasteiger partial charge in [0.25, 0.3) is 5.91 Å². The second-order valence-corrected chi connectivity index (χ2v) is 5.58. The van der Waals surface area contributed by atoms with E-state index in [1.807, 2.05) is 18.2 Å². The minimum Gasteiger partial charge on any atom is -0.391 e. The van der Waals surface area contributed by atoms with Gasteiger partial charge in [0, 0.05) is 25.2 Å². The Hall–Kier alpha value is -1.39. The summed E-state index contributed by atoms with van der Waals surface area (Å²) in [6.07, 6.45) is 0.231. The molecule has 0 aliphatic carbocycles. The molecule has 0 saturated heterocycles. The fourth-order valence-corrected chi connectivity index (χ4v) is 2.38. The molecule has 0 aromatic heterocycles. The Balaban J connectivity index is 1.90. The molecular formula is C15H22N2O2. The largest absolute Gasteiger partial charge is 0.391 e. The highest BCUT2D eigenvalue weighted by Gasteiger charge is 2.14. The zero-order chi connectivity index (χ0) is 13.8. The highest BCUT2D eigenvalue weighted by molar-refractivity contribution is 5.94. The van der Waals surface area contributed by atoms with Crippen molar-refractivity contribution in [3.05, 3.63) is 34.9 Å². The molecule has 1 aromatic carbocycles. The van der Waals surface area contributed by atoms with Crippen molar-refractivity contribution >= 4 is 5.91 Å². The highest BCUT2D eigenvalue weighted by Crippen LogP contribution is 2.17. The lowest BCUT2D eigenvalue weighted by molar-refractivity contribution is 0.0900. The van der Waals surface area contributed by atoms with Crippen LogP contribution in [0.5, 0.6) is 0 Å². The number of amides is 1. The van der Waals surface area contributed by atoms with Crippen LogP contribution in [0.1, 0.15) is 41.8 Å². The van der Waals surface area contributed by atoms with Gasteiger partial charge in [0.2, 0.25) is 0 Å². The maximum Gasteiger partial charge on any atom is 0.251 e. The van der Waals surface area contributed by atoms with Crippen LogP contribution in [-0.4, -0.2) is 23.7 Å². The molecule has 0 spiro atoms. The van der Waals surface area contributed by atoms with Crippen molar-refractivity contribution in [2.45, 2.75) is 39.5 Å². The van der Waals surface area contributed by atoms with E-state index in [1.54, 1.807) is 0 Å². The van der Waals surface area contributed by atoms with Crippen molar-refractivity contribution in [1.82, 2.24) is 10.6 Å². The van der Waals surface area contributed by atoms with Gasteiger partial charge in [-0.2, -0.15) is 0 Å². The highest BCUT2D eigenvalue weighted by atomic mass is 16.3. The van der Waals surface area contributed by atoms with Gasteiger partial charge in [-0.05, 0) is 35.6 Å². The molecule has 1 heterocycles. The van der Waals surface area contributed by atoms with Crippen LogP contribution in [0, 0.1) is 5.92 Å². The van der Waals surface area contributed by atoms with Gasteiger partial charge in [0.1, 0.15) is 0 Å². The third-order valence-corrected chi connectivity index (χ3v) is 3.34. The van der Waals surface area contributed by atoms with Crippen LogP contribution in [0.4, 0.5) is 0 Å². The van der Waals surface area contributed by atoms with Gasteiger partial charge in [0.15, 0.2) is 0 Å². The van der Waals surface area contributed by atoms with Crippen LogP contribution >= 0.6 is 0 Å². The average molecular weight is 262 g/mol. The van der Waals surface area contributed by atoms with E-state index < -0.39 is 6.10 Å². The number of fused-ring (bicyclic) bond motifs is 1. The summed E-state index contributed by atoms with van der Waals surface area (Å²) >= 11 is 0. The van der Waals surface area contributed by atoms with Crippen LogP contribution in [0.3, 0.4) is 0 Å². The summed E-state index contributed by atoms with van der Waals surface area (Å²) in [4.78, 5) is 12.0. The molecular weight excluding hydrogens is 240 g/mol. The van der Waals surface area contributed by atoms with E-state index in [-0.39, 0.29) is 5.91 Å². The molecule has 19 heavy (non-hydrogen) atoms. The first-order valence-electron chi connectivity index (χ1n) is 6.85. The van der Waals surface area contributed by atoms with E-state index in [2.05, 4.69) is 24.5 Å². The zero-order valence-corrected chi connectivity index (χ0v) is 11.6. The molecule has 1 aliphatic heterocycles. The van der Waals surface area contributed by atoms with Crippen LogP contribution in [-0.2, 0) is 13.1 Å². The van der Waals surface area contributed by atoms with Crippen molar-refractivity contribution < 1.29 is 9.90 Å². The van der Waals surface area contributed by atoms with Gasteiger partial charge in [-0.1, -0.05) is 19.9 Å². The molecule has 1 unspecified atom stereocenters. The first kappa shape index (κ1) is 14.0. The lowest BCUT2D eigenvalue weighted by atomic mass is 10.0. The third kappa shape index (κ3) is 3.78. The minimum atomic E-state index is -0.472. The fraction of sp³-hybridized carbons (Fsp3) is 0.533. The molecule has 4 heteroatoms. The Labute approximate surface area is 114 Å². The number of benzene rings is 1. The maximum atomic E-state index is 12.0. The number of carbonyl (C=O) groups is 1. The first-order valence-corrected chi connectivity index (χ1v) is 6.85. The molecule has 1 amide bonds. The summed E-state index contributed by atoms with van der Waals surface area (Å²) < 4.78 is 0. The van der Waals surface area contributed by atoms with Gasteiger partial charge in [-0.15, -0.1) is 0 Å². The van der Waals surface area contributed by atoms with Crippen LogP contribution in [0.15, 0.2) is 18.2 Å². The number of rotatable bonds is 5. The summed E-state index contributed by atoms with van der Waals surface area (Å²) in [7, 11) is 0. The molecule has 1 aliphatic rings. The van der Waals surface area contributed by atoms with Crippen molar-refractivity contribution in [3.8, 4) is 0 Å². The molecule has 2 rings (SSSR count). The summed E-state index contributed by atoms with van der Waals surface area (Å²) in [5, 5.41) is 15.8. The first-order chi connectivity index (χ1) is 9.06. The van der Waals surface area contributed by atoms with Crippen LogP contribution < -0.4 is 10.6 Å². The quantitative estimate of drug-likeness (QED) is 0.752. The molecule has 0 radical (unpaired) electrons. The zero-order valence-electron chi connectivity index (χ0n) is 11.6. The lowest BCUT2D eigenvalue weighted by Crippen LogP contribution is -2.32. The van der Waals surface area contributed by atoms with Gasteiger partial charge < -0.3 is 15.7 Å². The van der Waals surface area contributed by atoms with E-state index in [0.29, 0.717) is 24.4 Å². The smallest absolute Gasteiger partial charge is 0.251 e. The topological polar surface area (TPSA) is 61.4 Å². The Bertz CT molecular complexity index is 457. The average Bonchev–Trinajstić information content (AvgIpc) is 2.82. The number of hydrogen-bond acceptors (Lipinski definition) is 3. The SMILES string of the molecule is CC(C)CC(O)CNC(=O)c1ccc2c(c1)CNC2. The summed E-state index contributed by atoms with van der Waals surface area (Å²) in [5.74, 6) is 0.315. The van der Waals surface area contributed by atoms with Crippen molar-refractivity contribution in [2.75, 3.05) is 6.54 Å². The van der Waals surface area contributed by atoms with Gasteiger partial charge in [-0.3, -0.25) is 4.79 Å². The summed E-state index contributed by atoms with van der Waals surface area (Å²) in [6.45, 7) is 6.13. The monoisotopic (exact) mass is 262 g/mol. The van der Waals surface area contributed by atoms with Gasteiger partial charge in [-0.25, -0.2) is 0 Å². The van der Waals surface area contributed by atoms with E-state index in [4.69, 9.17) is 0 Å². The van der Waals surface area contributed by atoms with Crippen LogP contribution in [0.2, 0.25) is 0 Å². The predicted octanol–water partition coefficient (Wildman–Crippen LogP) is 1.43. The van der Waals surface area contributed by atoms with E-state index in [1.165, 1.54) is 11.1 Å². The molecule has 1 aromatic rings. The second-order valence-electron chi connectivity index (χ2n) is 5.58. The van der Waals surface area contributed by atoms with Gasteiger partial charge >= 0.3 is 0 Å². The van der Waals surface area contributed by atoms with Crippen molar-refractivity contribution in [3.63, 3.8) is 0 Å². The molecule has 3 N–H and O–H groups in total.